The van der Waals surface area contributed by atoms with Gasteiger partial charge in [-0.3, -0.25) is 9.80 Å². The van der Waals surface area contributed by atoms with Crippen LogP contribution in [0.2, 0.25) is 0 Å². The summed E-state index contributed by atoms with van der Waals surface area (Å²) in [6, 6.07) is 2.16. The molecular formula is C17H33N3. The maximum absolute atomic E-state index is 6.16. The van der Waals surface area contributed by atoms with Gasteiger partial charge in [0, 0.05) is 37.8 Å². The van der Waals surface area contributed by atoms with Crippen LogP contribution in [0, 0.1) is 5.92 Å². The minimum absolute atomic E-state index is 0.635. The maximum Gasteiger partial charge on any atom is 0.0225 e. The summed E-state index contributed by atoms with van der Waals surface area (Å²) in [7, 11) is 0. The molecule has 0 amide bonds. The predicted molar refractivity (Wildman–Crippen MR) is 84.8 cm³/mol. The van der Waals surface area contributed by atoms with E-state index in [9.17, 15) is 0 Å². The second-order valence-electron chi connectivity index (χ2n) is 7.47. The number of hydrogen-bond acceptors (Lipinski definition) is 3. The Labute approximate surface area is 124 Å². The molecule has 1 saturated carbocycles. The number of piperazine rings is 1. The third-order valence-corrected chi connectivity index (χ3v) is 6.06. The summed E-state index contributed by atoms with van der Waals surface area (Å²) in [4.78, 5) is 5.48. The molecule has 0 radical (unpaired) electrons. The normalized spacial score (nSPS) is 35.1. The first-order valence-corrected chi connectivity index (χ1v) is 8.97. The van der Waals surface area contributed by atoms with E-state index in [1.807, 2.05) is 0 Å². The molecule has 2 N–H and O–H groups in total. The highest BCUT2D eigenvalue weighted by molar-refractivity contribution is 4.94. The number of hydrogen-bond donors (Lipinski definition) is 1. The highest BCUT2D eigenvalue weighted by Crippen LogP contribution is 2.31. The van der Waals surface area contributed by atoms with Gasteiger partial charge in [-0.15, -0.1) is 0 Å². The van der Waals surface area contributed by atoms with E-state index in [4.69, 9.17) is 5.73 Å². The number of rotatable bonds is 4. The van der Waals surface area contributed by atoms with Crippen molar-refractivity contribution in [3.8, 4) is 0 Å². The van der Waals surface area contributed by atoms with Crippen LogP contribution in [-0.2, 0) is 0 Å². The minimum Gasteiger partial charge on any atom is -0.329 e. The molecule has 3 aliphatic rings. The molecule has 3 rings (SSSR count). The van der Waals surface area contributed by atoms with Gasteiger partial charge in [-0.25, -0.2) is 0 Å². The first-order valence-electron chi connectivity index (χ1n) is 8.97. The van der Waals surface area contributed by atoms with Crippen LogP contribution >= 0.6 is 0 Å². The fourth-order valence-corrected chi connectivity index (χ4v) is 4.89. The SMILES string of the molecule is CC1CN2CCCC2CN1C(CN)CC1CCCCC1. The van der Waals surface area contributed by atoms with Crippen molar-refractivity contribution in [1.82, 2.24) is 9.80 Å². The monoisotopic (exact) mass is 279 g/mol. The maximum atomic E-state index is 6.16. The molecule has 0 spiro atoms. The summed E-state index contributed by atoms with van der Waals surface area (Å²) in [5, 5.41) is 0. The van der Waals surface area contributed by atoms with Crippen LogP contribution in [0.5, 0.6) is 0 Å². The third-order valence-electron chi connectivity index (χ3n) is 6.06. The molecule has 3 fully saturated rings. The molecule has 3 atom stereocenters. The van der Waals surface area contributed by atoms with Gasteiger partial charge in [-0.1, -0.05) is 32.1 Å². The van der Waals surface area contributed by atoms with Gasteiger partial charge in [-0.05, 0) is 38.6 Å². The van der Waals surface area contributed by atoms with Crippen molar-refractivity contribution >= 4 is 0 Å². The second kappa shape index (κ2) is 6.76. The molecule has 0 aromatic carbocycles. The van der Waals surface area contributed by atoms with E-state index in [0.717, 1.165) is 18.5 Å². The van der Waals surface area contributed by atoms with E-state index in [-0.39, 0.29) is 0 Å². The second-order valence-corrected chi connectivity index (χ2v) is 7.47. The van der Waals surface area contributed by atoms with Crippen molar-refractivity contribution in [3.05, 3.63) is 0 Å². The number of fused-ring (bicyclic) bond motifs is 1. The summed E-state index contributed by atoms with van der Waals surface area (Å²) in [5.41, 5.74) is 6.16. The Hall–Kier alpha value is -0.120. The number of nitrogens with two attached hydrogens (primary N) is 1. The zero-order valence-electron chi connectivity index (χ0n) is 13.3. The topological polar surface area (TPSA) is 32.5 Å². The minimum atomic E-state index is 0.635. The molecule has 3 heteroatoms. The molecule has 0 aromatic rings. The number of nitrogens with zero attached hydrogens (tertiary/aromatic N) is 2. The quantitative estimate of drug-likeness (QED) is 0.858. The Morgan fingerprint density at radius 3 is 2.60 bits per heavy atom. The van der Waals surface area contributed by atoms with Crippen molar-refractivity contribution in [2.24, 2.45) is 11.7 Å². The molecule has 0 bridgehead atoms. The van der Waals surface area contributed by atoms with Crippen LogP contribution in [0.15, 0.2) is 0 Å². The van der Waals surface area contributed by atoms with Gasteiger partial charge in [0.15, 0.2) is 0 Å². The molecule has 20 heavy (non-hydrogen) atoms. The van der Waals surface area contributed by atoms with Crippen LogP contribution in [0.1, 0.15) is 58.3 Å². The highest BCUT2D eigenvalue weighted by Gasteiger charge is 2.37. The largest absolute Gasteiger partial charge is 0.329 e. The smallest absolute Gasteiger partial charge is 0.0225 e. The molecule has 2 aliphatic heterocycles. The lowest BCUT2D eigenvalue weighted by molar-refractivity contribution is 0.0208. The van der Waals surface area contributed by atoms with Gasteiger partial charge < -0.3 is 5.73 Å². The summed E-state index contributed by atoms with van der Waals surface area (Å²) in [6.07, 6.45) is 11.4. The molecule has 0 aromatic heterocycles. The van der Waals surface area contributed by atoms with E-state index in [2.05, 4.69) is 16.7 Å². The summed E-state index contributed by atoms with van der Waals surface area (Å²) in [6.45, 7) is 7.14. The molecule has 1 aliphatic carbocycles. The zero-order chi connectivity index (χ0) is 13.9. The summed E-state index contributed by atoms with van der Waals surface area (Å²) in [5.74, 6) is 0.950. The average molecular weight is 279 g/mol. The molecular weight excluding hydrogens is 246 g/mol. The van der Waals surface area contributed by atoms with Crippen molar-refractivity contribution in [2.75, 3.05) is 26.2 Å². The fourth-order valence-electron chi connectivity index (χ4n) is 4.89. The molecule has 3 unspecified atom stereocenters. The van der Waals surface area contributed by atoms with E-state index in [1.54, 1.807) is 0 Å². The van der Waals surface area contributed by atoms with Gasteiger partial charge in [0.2, 0.25) is 0 Å². The molecule has 2 saturated heterocycles. The predicted octanol–water partition coefficient (Wildman–Crippen LogP) is 2.45. The lowest BCUT2D eigenvalue weighted by Crippen LogP contribution is -2.59. The van der Waals surface area contributed by atoms with E-state index in [0.29, 0.717) is 12.1 Å². The van der Waals surface area contributed by atoms with Crippen molar-refractivity contribution in [2.45, 2.75) is 76.4 Å². The van der Waals surface area contributed by atoms with Crippen LogP contribution in [-0.4, -0.2) is 54.1 Å². The lowest BCUT2D eigenvalue weighted by atomic mass is 9.84. The first-order chi connectivity index (χ1) is 9.78. The average Bonchev–Trinajstić information content (AvgIpc) is 2.92. The van der Waals surface area contributed by atoms with Crippen LogP contribution < -0.4 is 5.73 Å². The van der Waals surface area contributed by atoms with Gasteiger partial charge in [-0.2, -0.15) is 0 Å². The van der Waals surface area contributed by atoms with E-state index >= 15 is 0 Å². The van der Waals surface area contributed by atoms with Gasteiger partial charge in [0.1, 0.15) is 0 Å². The van der Waals surface area contributed by atoms with Crippen LogP contribution in [0.4, 0.5) is 0 Å². The Morgan fingerprint density at radius 2 is 1.85 bits per heavy atom. The Bertz CT molecular complexity index is 301. The molecule has 116 valence electrons. The van der Waals surface area contributed by atoms with E-state index < -0.39 is 0 Å². The van der Waals surface area contributed by atoms with Crippen LogP contribution in [0.3, 0.4) is 0 Å². The van der Waals surface area contributed by atoms with Crippen molar-refractivity contribution in [1.29, 1.82) is 0 Å². The Morgan fingerprint density at radius 1 is 1.05 bits per heavy atom. The first kappa shape index (κ1) is 14.8. The molecule has 2 heterocycles. The third kappa shape index (κ3) is 3.20. The standard InChI is InChI=1S/C17H33N3/c1-14-12-19-9-5-8-16(19)13-20(14)17(11-18)10-15-6-3-2-4-7-15/h14-17H,2-13,18H2,1H3. The highest BCUT2D eigenvalue weighted by atomic mass is 15.3. The van der Waals surface area contributed by atoms with E-state index in [1.165, 1.54) is 71.0 Å². The lowest BCUT2D eigenvalue weighted by Gasteiger charge is -2.46. The summed E-state index contributed by atoms with van der Waals surface area (Å²) < 4.78 is 0. The summed E-state index contributed by atoms with van der Waals surface area (Å²) >= 11 is 0. The van der Waals surface area contributed by atoms with Crippen molar-refractivity contribution in [3.63, 3.8) is 0 Å². The Balaban J connectivity index is 1.59. The van der Waals surface area contributed by atoms with Gasteiger partial charge in [0.05, 0.1) is 0 Å². The van der Waals surface area contributed by atoms with Crippen LogP contribution in [0.25, 0.3) is 0 Å². The zero-order valence-corrected chi connectivity index (χ0v) is 13.3. The van der Waals surface area contributed by atoms with Gasteiger partial charge in [0.25, 0.3) is 0 Å². The van der Waals surface area contributed by atoms with Gasteiger partial charge >= 0.3 is 0 Å². The Kier molecular flexibility index (Phi) is 5.00. The van der Waals surface area contributed by atoms with Crippen molar-refractivity contribution < 1.29 is 0 Å². The fraction of sp³-hybridized carbons (Fsp3) is 1.00. The molecule has 3 nitrogen and oxygen atoms in total.